The van der Waals surface area contributed by atoms with Crippen LogP contribution in [0, 0.1) is 11.3 Å². The minimum Gasteiger partial charge on any atom is -0.479 e. The van der Waals surface area contributed by atoms with Crippen LogP contribution >= 0.6 is 11.8 Å². The van der Waals surface area contributed by atoms with Gasteiger partial charge in [-0.15, -0.1) is 0 Å². The average molecular weight is 257 g/mol. The van der Waals surface area contributed by atoms with E-state index in [2.05, 4.69) is 19.2 Å². The summed E-state index contributed by atoms with van der Waals surface area (Å²) in [5.74, 6) is 0.342. The van der Waals surface area contributed by atoms with Crippen molar-refractivity contribution in [1.29, 1.82) is 0 Å². The van der Waals surface area contributed by atoms with Crippen LogP contribution in [0.1, 0.15) is 33.1 Å². The third kappa shape index (κ3) is 2.17. The Hall–Kier alpha value is -0.710. The van der Waals surface area contributed by atoms with Gasteiger partial charge in [-0.25, -0.2) is 4.79 Å². The molecule has 0 radical (unpaired) electrons. The summed E-state index contributed by atoms with van der Waals surface area (Å²) in [5.41, 5.74) is -0.922. The van der Waals surface area contributed by atoms with Gasteiger partial charge in [-0.05, 0) is 30.4 Å². The minimum atomic E-state index is -1.01. The van der Waals surface area contributed by atoms with Crippen molar-refractivity contribution in [2.75, 3.05) is 11.5 Å². The second-order valence-electron chi connectivity index (χ2n) is 5.44. The summed E-state index contributed by atoms with van der Waals surface area (Å²) in [6, 6.07) is 0. The van der Waals surface area contributed by atoms with Crippen molar-refractivity contribution in [3.05, 3.63) is 0 Å². The molecule has 17 heavy (non-hydrogen) atoms. The molecule has 0 bridgehead atoms. The summed E-state index contributed by atoms with van der Waals surface area (Å²) >= 11 is 1.59. The van der Waals surface area contributed by atoms with Crippen molar-refractivity contribution in [2.24, 2.45) is 11.3 Å². The van der Waals surface area contributed by atoms with Crippen molar-refractivity contribution in [3.63, 3.8) is 0 Å². The molecule has 1 amide bonds. The predicted octanol–water partition coefficient (Wildman–Crippen LogP) is 1.50. The third-order valence-corrected chi connectivity index (χ3v) is 5.46. The van der Waals surface area contributed by atoms with Crippen LogP contribution in [0.5, 0.6) is 0 Å². The smallest absolute Gasteiger partial charge is 0.330 e. The molecular formula is C12H19NO3S. The Bertz CT molecular complexity index is 352. The first kappa shape index (κ1) is 12.7. The van der Waals surface area contributed by atoms with Crippen LogP contribution < -0.4 is 5.32 Å². The van der Waals surface area contributed by atoms with Gasteiger partial charge in [0, 0.05) is 11.7 Å². The van der Waals surface area contributed by atoms with Gasteiger partial charge in [0.15, 0.2) is 0 Å². The molecule has 1 saturated carbocycles. The number of thioether (sulfide) groups is 1. The fourth-order valence-corrected chi connectivity index (χ4v) is 3.74. The molecule has 2 N–H and O–H groups in total. The normalized spacial score (nSPS) is 40.0. The number of hydrogen-bond acceptors (Lipinski definition) is 3. The van der Waals surface area contributed by atoms with Crippen molar-refractivity contribution in [2.45, 2.75) is 38.6 Å². The van der Waals surface area contributed by atoms with Crippen LogP contribution in [0.15, 0.2) is 0 Å². The molecule has 3 unspecified atom stereocenters. The lowest BCUT2D eigenvalue weighted by atomic mass is 9.97. The Morgan fingerprint density at radius 2 is 2.24 bits per heavy atom. The van der Waals surface area contributed by atoms with Crippen LogP contribution in [0.3, 0.4) is 0 Å². The molecule has 1 saturated heterocycles. The summed E-state index contributed by atoms with van der Waals surface area (Å²) in [6.07, 6.45) is 2.40. The van der Waals surface area contributed by atoms with E-state index in [-0.39, 0.29) is 17.2 Å². The number of carboxylic acid groups (broad SMARTS) is 1. The molecule has 96 valence electrons. The van der Waals surface area contributed by atoms with Crippen LogP contribution in [0.4, 0.5) is 0 Å². The summed E-state index contributed by atoms with van der Waals surface area (Å²) in [6.45, 7) is 4.17. The van der Waals surface area contributed by atoms with Crippen LogP contribution in [-0.4, -0.2) is 34.0 Å². The monoisotopic (exact) mass is 257 g/mol. The number of hydrogen-bond donors (Lipinski definition) is 2. The van der Waals surface area contributed by atoms with Gasteiger partial charge < -0.3 is 10.4 Å². The molecule has 4 nitrogen and oxygen atoms in total. The van der Waals surface area contributed by atoms with Gasteiger partial charge in [0.05, 0.1) is 0 Å². The highest BCUT2D eigenvalue weighted by molar-refractivity contribution is 7.99. The van der Waals surface area contributed by atoms with Gasteiger partial charge in [-0.3, -0.25) is 4.79 Å². The molecule has 0 aromatic carbocycles. The van der Waals surface area contributed by atoms with Crippen LogP contribution in [0.2, 0.25) is 0 Å². The number of carboxylic acids is 1. The molecule has 0 spiro atoms. The number of amides is 1. The summed E-state index contributed by atoms with van der Waals surface area (Å²) in [4.78, 5) is 23.4. The van der Waals surface area contributed by atoms with Crippen molar-refractivity contribution in [1.82, 2.24) is 5.32 Å². The third-order valence-electron chi connectivity index (χ3n) is 4.27. The maximum absolute atomic E-state index is 12.1. The highest BCUT2D eigenvalue weighted by Gasteiger charge is 2.55. The van der Waals surface area contributed by atoms with E-state index in [4.69, 9.17) is 0 Å². The quantitative estimate of drug-likeness (QED) is 0.801. The number of carbonyl (C=O) groups excluding carboxylic acids is 1. The SMILES string of the molecule is CCC1(C)CC1C(=O)NC1(C(=O)O)CCSC1. The summed E-state index contributed by atoms with van der Waals surface area (Å²) in [7, 11) is 0. The zero-order valence-corrected chi connectivity index (χ0v) is 11.1. The number of nitrogens with one attached hydrogen (secondary N) is 1. The van der Waals surface area contributed by atoms with Crippen molar-refractivity contribution in [3.8, 4) is 0 Å². The lowest BCUT2D eigenvalue weighted by Gasteiger charge is -2.25. The molecule has 3 atom stereocenters. The van der Waals surface area contributed by atoms with Crippen LogP contribution in [-0.2, 0) is 9.59 Å². The Kier molecular flexibility index (Phi) is 3.14. The molecule has 2 aliphatic rings. The van der Waals surface area contributed by atoms with E-state index in [9.17, 15) is 14.7 Å². The lowest BCUT2D eigenvalue weighted by Crippen LogP contribution is -2.55. The first-order chi connectivity index (χ1) is 7.93. The summed E-state index contributed by atoms with van der Waals surface area (Å²) in [5, 5.41) is 12.1. The standard InChI is InChI=1S/C12H19NO3S/c1-3-11(2)6-8(11)9(14)13-12(10(15)16)4-5-17-7-12/h8H,3-7H2,1-2H3,(H,13,14)(H,15,16). The lowest BCUT2D eigenvalue weighted by molar-refractivity contribution is -0.146. The first-order valence-electron chi connectivity index (χ1n) is 6.07. The van der Waals surface area contributed by atoms with E-state index in [1.807, 2.05) is 0 Å². The average Bonchev–Trinajstić information content (AvgIpc) is 2.75. The van der Waals surface area contributed by atoms with E-state index in [1.54, 1.807) is 11.8 Å². The highest BCUT2D eigenvalue weighted by Crippen LogP contribution is 2.55. The van der Waals surface area contributed by atoms with E-state index >= 15 is 0 Å². The molecular weight excluding hydrogens is 238 g/mol. The predicted molar refractivity (Wildman–Crippen MR) is 67.0 cm³/mol. The van der Waals surface area contributed by atoms with Gasteiger partial charge in [-0.1, -0.05) is 13.8 Å². The maximum Gasteiger partial charge on any atom is 0.330 e. The number of carbonyl (C=O) groups is 2. The Morgan fingerprint density at radius 3 is 2.65 bits per heavy atom. The largest absolute Gasteiger partial charge is 0.479 e. The Morgan fingerprint density at radius 1 is 1.53 bits per heavy atom. The zero-order chi connectivity index (χ0) is 12.7. The molecule has 2 rings (SSSR count). The molecule has 1 heterocycles. The topological polar surface area (TPSA) is 66.4 Å². The van der Waals surface area contributed by atoms with Crippen molar-refractivity contribution >= 4 is 23.6 Å². The van der Waals surface area contributed by atoms with E-state index in [0.717, 1.165) is 18.6 Å². The highest BCUT2D eigenvalue weighted by atomic mass is 32.2. The minimum absolute atomic E-state index is 0.00863. The van der Waals surface area contributed by atoms with Gasteiger partial charge in [0.25, 0.3) is 0 Å². The Labute approximate surface area is 106 Å². The molecule has 0 aromatic rings. The van der Waals surface area contributed by atoms with Gasteiger partial charge in [0.2, 0.25) is 5.91 Å². The second kappa shape index (κ2) is 4.19. The molecule has 0 aromatic heterocycles. The van der Waals surface area contributed by atoms with Crippen molar-refractivity contribution < 1.29 is 14.7 Å². The van der Waals surface area contributed by atoms with Crippen LogP contribution in [0.25, 0.3) is 0 Å². The Balaban J connectivity index is 2.01. The molecule has 1 aliphatic carbocycles. The fraction of sp³-hybridized carbons (Fsp3) is 0.833. The number of aliphatic carboxylic acids is 1. The van der Waals surface area contributed by atoms with Gasteiger partial charge >= 0.3 is 5.97 Å². The zero-order valence-electron chi connectivity index (χ0n) is 10.3. The maximum atomic E-state index is 12.1. The molecule has 1 aliphatic heterocycles. The first-order valence-corrected chi connectivity index (χ1v) is 7.22. The van der Waals surface area contributed by atoms with E-state index in [1.165, 1.54) is 0 Å². The van der Waals surface area contributed by atoms with E-state index < -0.39 is 11.5 Å². The van der Waals surface area contributed by atoms with Gasteiger partial charge in [0.1, 0.15) is 5.54 Å². The number of rotatable bonds is 4. The second-order valence-corrected chi connectivity index (χ2v) is 6.55. The molecule has 5 heteroatoms. The van der Waals surface area contributed by atoms with E-state index in [0.29, 0.717) is 12.2 Å². The molecule has 2 fully saturated rings. The summed E-state index contributed by atoms with van der Waals surface area (Å²) < 4.78 is 0. The fourth-order valence-electron chi connectivity index (χ4n) is 2.42. The van der Waals surface area contributed by atoms with Gasteiger partial charge in [-0.2, -0.15) is 11.8 Å².